The normalized spacial score (nSPS) is 9.93. The Morgan fingerprint density at radius 1 is 1.36 bits per heavy atom. The summed E-state index contributed by atoms with van der Waals surface area (Å²) in [5.74, 6) is -0.669. The fourth-order valence-electron chi connectivity index (χ4n) is 0.923. The topological polar surface area (TPSA) is 46.6 Å². The van der Waals surface area contributed by atoms with E-state index in [0.717, 1.165) is 0 Å². The number of hydroxylamine groups is 2. The molecule has 14 heavy (non-hydrogen) atoms. The predicted molar refractivity (Wildman–Crippen MR) is 53.5 cm³/mol. The van der Waals surface area contributed by atoms with Gasteiger partial charge in [0.15, 0.2) is 0 Å². The van der Waals surface area contributed by atoms with Crippen LogP contribution in [0.5, 0.6) is 0 Å². The first-order valence-corrected chi connectivity index (χ1v) is 4.72. The van der Waals surface area contributed by atoms with Gasteiger partial charge in [0, 0.05) is 19.5 Å². The van der Waals surface area contributed by atoms with Crippen LogP contribution in [0.15, 0.2) is 12.7 Å². The van der Waals surface area contributed by atoms with Crippen LogP contribution in [0.2, 0.25) is 0 Å². The van der Waals surface area contributed by atoms with Crippen LogP contribution in [-0.4, -0.2) is 29.9 Å². The van der Waals surface area contributed by atoms with Gasteiger partial charge in [-0.2, -0.15) is 0 Å². The summed E-state index contributed by atoms with van der Waals surface area (Å²) in [6, 6.07) is 0. The van der Waals surface area contributed by atoms with Crippen molar-refractivity contribution in [1.29, 1.82) is 0 Å². The summed E-state index contributed by atoms with van der Waals surface area (Å²) < 4.78 is 0. The van der Waals surface area contributed by atoms with E-state index in [-0.39, 0.29) is 18.6 Å². The third-order valence-corrected chi connectivity index (χ3v) is 1.65. The van der Waals surface area contributed by atoms with Gasteiger partial charge in [0.05, 0.1) is 0 Å². The van der Waals surface area contributed by atoms with Gasteiger partial charge in [0.25, 0.3) is 0 Å². The first kappa shape index (κ1) is 12.8. The van der Waals surface area contributed by atoms with Crippen LogP contribution in [0.4, 0.5) is 0 Å². The molecule has 0 saturated carbocycles. The summed E-state index contributed by atoms with van der Waals surface area (Å²) in [5.41, 5.74) is 0. The minimum absolute atomic E-state index is 0.169. The number of nitrogens with zero attached hydrogens (tertiary/aromatic N) is 1. The Labute approximate surface area is 84.5 Å². The van der Waals surface area contributed by atoms with Crippen molar-refractivity contribution in [3.8, 4) is 0 Å². The van der Waals surface area contributed by atoms with E-state index in [1.807, 2.05) is 13.8 Å². The number of carbonyl (C=O) groups is 2. The summed E-state index contributed by atoms with van der Waals surface area (Å²) in [6.07, 6.45) is 1.52. The number of carbonyl (C=O) groups excluding carboxylic acids is 2. The van der Waals surface area contributed by atoms with Crippen LogP contribution < -0.4 is 0 Å². The van der Waals surface area contributed by atoms with Gasteiger partial charge in [-0.3, -0.25) is 4.79 Å². The van der Waals surface area contributed by atoms with Crippen molar-refractivity contribution in [2.75, 3.05) is 13.1 Å². The quantitative estimate of drug-likeness (QED) is 0.352. The van der Waals surface area contributed by atoms with Crippen LogP contribution in [0.1, 0.15) is 26.7 Å². The van der Waals surface area contributed by atoms with Gasteiger partial charge in [-0.05, 0) is 13.8 Å². The molecule has 0 aromatic rings. The molecule has 0 atom stereocenters. The van der Waals surface area contributed by atoms with Gasteiger partial charge in [-0.1, -0.05) is 6.08 Å². The van der Waals surface area contributed by atoms with Gasteiger partial charge in [0.2, 0.25) is 0 Å². The fraction of sp³-hybridized carbons (Fsp3) is 0.600. The number of Topliss-reactive ketones (excluding diaryl/α,β-unsaturated/α-hetero) is 1. The molecule has 0 bridgehead atoms. The lowest BCUT2D eigenvalue weighted by Crippen LogP contribution is -2.27. The zero-order chi connectivity index (χ0) is 11.0. The van der Waals surface area contributed by atoms with Crippen LogP contribution in [0, 0.1) is 0 Å². The zero-order valence-electron chi connectivity index (χ0n) is 8.78. The molecule has 0 saturated heterocycles. The SMILES string of the molecule is C=CCC(=O)CC(=O)ON(CC)CC. The summed E-state index contributed by atoms with van der Waals surface area (Å²) in [5, 5.41) is 1.50. The van der Waals surface area contributed by atoms with Crippen LogP contribution >= 0.6 is 0 Å². The van der Waals surface area contributed by atoms with E-state index >= 15 is 0 Å². The molecule has 0 fully saturated rings. The van der Waals surface area contributed by atoms with Gasteiger partial charge >= 0.3 is 5.97 Å². The minimum atomic E-state index is -0.499. The minimum Gasteiger partial charge on any atom is -0.367 e. The average Bonchev–Trinajstić information content (AvgIpc) is 2.14. The smallest absolute Gasteiger partial charge is 0.332 e. The standard InChI is InChI=1S/C10H17NO3/c1-4-7-9(12)8-10(13)14-11(5-2)6-3/h4H,1,5-8H2,2-3H3. The Bertz CT molecular complexity index is 209. The van der Waals surface area contributed by atoms with E-state index in [0.29, 0.717) is 13.1 Å². The maximum absolute atomic E-state index is 11.1. The molecule has 0 rings (SSSR count). The van der Waals surface area contributed by atoms with E-state index < -0.39 is 5.97 Å². The Morgan fingerprint density at radius 2 is 1.93 bits per heavy atom. The molecule has 0 unspecified atom stereocenters. The highest BCUT2D eigenvalue weighted by Gasteiger charge is 2.12. The van der Waals surface area contributed by atoms with Crippen LogP contribution in [-0.2, 0) is 14.4 Å². The Morgan fingerprint density at radius 3 is 2.36 bits per heavy atom. The summed E-state index contributed by atoms with van der Waals surface area (Å²) in [7, 11) is 0. The van der Waals surface area contributed by atoms with Gasteiger partial charge < -0.3 is 4.84 Å². The molecule has 4 heteroatoms. The zero-order valence-corrected chi connectivity index (χ0v) is 8.78. The fourth-order valence-corrected chi connectivity index (χ4v) is 0.923. The van der Waals surface area contributed by atoms with Crippen molar-refractivity contribution in [2.24, 2.45) is 0 Å². The lowest BCUT2D eigenvalue weighted by atomic mass is 10.2. The number of hydrogen-bond acceptors (Lipinski definition) is 4. The van der Waals surface area contributed by atoms with Crippen molar-refractivity contribution >= 4 is 11.8 Å². The monoisotopic (exact) mass is 199 g/mol. The van der Waals surface area contributed by atoms with E-state index in [2.05, 4.69) is 6.58 Å². The molecule has 80 valence electrons. The summed E-state index contributed by atoms with van der Waals surface area (Å²) in [4.78, 5) is 27.1. The molecule has 0 aromatic carbocycles. The average molecular weight is 199 g/mol. The molecule has 0 amide bonds. The van der Waals surface area contributed by atoms with Gasteiger partial charge in [-0.15, -0.1) is 11.6 Å². The van der Waals surface area contributed by atoms with Crippen molar-refractivity contribution in [2.45, 2.75) is 26.7 Å². The number of allylic oxidation sites excluding steroid dienone is 1. The largest absolute Gasteiger partial charge is 0.367 e. The molecule has 0 aliphatic heterocycles. The highest BCUT2D eigenvalue weighted by atomic mass is 16.7. The molecule has 0 spiro atoms. The molecule has 0 aromatic heterocycles. The molecular formula is C10H17NO3. The summed E-state index contributed by atoms with van der Waals surface area (Å²) in [6.45, 7) is 8.42. The number of hydrogen-bond donors (Lipinski definition) is 0. The molecule has 4 nitrogen and oxygen atoms in total. The number of rotatable bonds is 7. The van der Waals surface area contributed by atoms with Gasteiger partial charge in [-0.25, -0.2) is 4.79 Å². The van der Waals surface area contributed by atoms with E-state index in [9.17, 15) is 9.59 Å². The van der Waals surface area contributed by atoms with E-state index in [1.54, 1.807) is 0 Å². The predicted octanol–water partition coefficient (Wildman–Crippen LogP) is 1.32. The maximum Gasteiger partial charge on any atom is 0.332 e. The lowest BCUT2D eigenvalue weighted by Gasteiger charge is -2.16. The van der Waals surface area contributed by atoms with Crippen LogP contribution in [0.3, 0.4) is 0 Å². The van der Waals surface area contributed by atoms with Crippen molar-refractivity contribution < 1.29 is 14.4 Å². The van der Waals surface area contributed by atoms with Crippen molar-refractivity contribution in [3.63, 3.8) is 0 Å². The molecule has 0 N–H and O–H groups in total. The maximum atomic E-state index is 11.1. The molecule has 0 heterocycles. The molecular weight excluding hydrogens is 182 g/mol. The Kier molecular flexibility index (Phi) is 6.66. The highest BCUT2D eigenvalue weighted by molar-refractivity contribution is 5.96. The second-order valence-corrected chi connectivity index (χ2v) is 2.79. The van der Waals surface area contributed by atoms with Gasteiger partial charge in [0.1, 0.15) is 12.2 Å². The highest BCUT2D eigenvalue weighted by Crippen LogP contribution is 1.97. The second kappa shape index (κ2) is 7.26. The third kappa shape index (κ3) is 5.48. The number of ketones is 1. The van der Waals surface area contributed by atoms with Crippen molar-refractivity contribution in [3.05, 3.63) is 12.7 Å². The first-order valence-electron chi connectivity index (χ1n) is 4.72. The Balaban J connectivity index is 3.84. The second-order valence-electron chi connectivity index (χ2n) is 2.79. The third-order valence-electron chi connectivity index (χ3n) is 1.65. The molecule has 0 aliphatic carbocycles. The Hall–Kier alpha value is -1.16. The van der Waals surface area contributed by atoms with Crippen molar-refractivity contribution in [1.82, 2.24) is 5.06 Å². The van der Waals surface area contributed by atoms with E-state index in [1.165, 1.54) is 11.1 Å². The summed E-state index contributed by atoms with van der Waals surface area (Å²) >= 11 is 0. The first-order chi connectivity index (χ1) is 6.63. The molecule has 0 aliphatic rings. The molecule has 0 radical (unpaired) electrons. The van der Waals surface area contributed by atoms with E-state index in [4.69, 9.17) is 4.84 Å². The van der Waals surface area contributed by atoms with Crippen LogP contribution in [0.25, 0.3) is 0 Å². The lowest BCUT2D eigenvalue weighted by molar-refractivity contribution is -0.188.